The summed E-state index contributed by atoms with van der Waals surface area (Å²) < 4.78 is 0. The van der Waals surface area contributed by atoms with E-state index in [1.807, 2.05) is 6.92 Å². The molecule has 12 heavy (non-hydrogen) atoms. The Kier molecular flexibility index (Phi) is 3.50. The number of nitrogens with two attached hydrogens (primary N) is 1. The summed E-state index contributed by atoms with van der Waals surface area (Å²) in [5.41, 5.74) is 5.76. The molecule has 0 aliphatic heterocycles. The van der Waals surface area contributed by atoms with E-state index in [9.17, 15) is 0 Å². The predicted octanol–water partition coefficient (Wildman–Crippen LogP) is 0.179. The maximum absolute atomic E-state index is 9.11. The molecule has 0 heterocycles. The van der Waals surface area contributed by atoms with E-state index in [1.54, 1.807) is 0 Å². The summed E-state index contributed by atoms with van der Waals surface area (Å²) in [6.45, 7) is 2.13. The fourth-order valence-electron chi connectivity index (χ4n) is 1.73. The van der Waals surface area contributed by atoms with E-state index < -0.39 is 0 Å². The third-order valence-corrected chi connectivity index (χ3v) is 2.97. The van der Waals surface area contributed by atoms with Gasteiger partial charge in [0.2, 0.25) is 0 Å². The molecule has 0 spiro atoms. The first-order chi connectivity index (χ1) is 5.66. The molecule has 72 valence electrons. The van der Waals surface area contributed by atoms with E-state index in [2.05, 4.69) is 11.9 Å². The van der Waals surface area contributed by atoms with Crippen molar-refractivity contribution in [2.45, 2.75) is 44.3 Å². The van der Waals surface area contributed by atoms with E-state index >= 15 is 0 Å². The minimum absolute atomic E-state index is 0.0561. The van der Waals surface area contributed by atoms with Crippen LogP contribution in [0.1, 0.15) is 26.2 Å². The highest BCUT2D eigenvalue weighted by Gasteiger charge is 2.28. The van der Waals surface area contributed by atoms with Gasteiger partial charge in [-0.15, -0.1) is 0 Å². The van der Waals surface area contributed by atoms with Crippen molar-refractivity contribution in [3.63, 3.8) is 0 Å². The van der Waals surface area contributed by atoms with Gasteiger partial charge in [-0.25, -0.2) is 0 Å². The minimum Gasteiger partial charge on any atom is -0.395 e. The van der Waals surface area contributed by atoms with Crippen LogP contribution in [0.3, 0.4) is 0 Å². The highest BCUT2D eigenvalue weighted by molar-refractivity contribution is 4.85. The number of rotatable bonds is 4. The van der Waals surface area contributed by atoms with Gasteiger partial charge in [0.15, 0.2) is 0 Å². The fraction of sp³-hybridized carbons (Fsp3) is 1.00. The molecule has 1 aliphatic carbocycles. The van der Waals surface area contributed by atoms with Crippen LogP contribution >= 0.6 is 0 Å². The summed E-state index contributed by atoms with van der Waals surface area (Å²) in [5.74, 6) is 0. The summed E-state index contributed by atoms with van der Waals surface area (Å²) in [5, 5.41) is 9.11. The molecule has 2 atom stereocenters. The SMILES string of the molecule is CC(N)C(CO)N(C)C1CCC1. The summed E-state index contributed by atoms with van der Waals surface area (Å²) in [6.07, 6.45) is 3.85. The maximum atomic E-state index is 9.11. The van der Waals surface area contributed by atoms with Gasteiger partial charge in [-0.05, 0) is 26.8 Å². The third kappa shape index (κ3) is 1.97. The summed E-state index contributed by atoms with van der Waals surface area (Å²) in [6, 6.07) is 0.851. The highest BCUT2D eigenvalue weighted by Crippen LogP contribution is 2.25. The summed E-state index contributed by atoms with van der Waals surface area (Å²) >= 11 is 0. The van der Waals surface area contributed by atoms with Crippen molar-refractivity contribution in [2.75, 3.05) is 13.7 Å². The Labute approximate surface area is 74.5 Å². The monoisotopic (exact) mass is 172 g/mol. The van der Waals surface area contributed by atoms with E-state index in [4.69, 9.17) is 10.8 Å². The van der Waals surface area contributed by atoms with Crippen molar-refractivity contribution in [2.24, 2.45) is 5.73 Å². The largest absolute Gasteiger partial charge is 0.395 e. The predicted molar refractivity (Wildman–Crippen MR) is 49.9 cm³/mol. The standard InChI is InChI=1S/C9H20N2O/c1-7(10)9(6-12)11(2)8-4-3-5-8/h7-9,12H,3-6,10H2,1-2H3. The Balaban J connectivity index is 2.40. The first kappa shape index (κ1) is 9.96. The highest BCUT2D eigenvalue weighted by atomic mass is 16.3. The lowest BCUT2D eigenvalue weighted by molar-refractivity contribution is 0.0601. The third-order valence-electron chi connectivity index (χ3n) is 2.97. The Hall–Kier alpha value is -0.120. The van der Waals surface area contributed by atoms with Crippen molar-refractivity contribution in [1.29, 1.82) is 0 Å². The normalized spacial score (nSPS) is 23.8. The first-order valence-electron chi connectivity index (χ1n) is 4.75. The zero-order valence-electron chi connectivity index (χ0n) is 8.03. The van der Waals surface area contributed by atoms with Gasteiger partial charge in [0.05, 0.1) is 6.61 Å². The summed E-state index contributed by atoms with van der Waals surface area (Å²) in [7, 11) is 2.06. The number of likely N-dealkylation sites (N-methyl/N-ethyl adjacent to an activating group) is 1. The van der Waals surface area contributed by atoms with E-state index in [-0.39, 0.29) is 18.7 Å². The molecule has 1 rings (SSSR count). The van der Waals surface area contributed by atoms with Crippen LogP contribution in [0.4, 0.5) is 0 Å². The van der Waals surface area contributed by atoms with Crippen LogP contribution in [0, 0.1) is 0 Å². The molecule has 1 saturated carbocycles. The number of hydrogen-bond acceptors (Lipinski definition) is 3. The maximum Gasteiger partial charge on any atom is 0.0601 e. The quantitative estimate of drug-likeness (QED) is 0.636. The molecule has 3 nitrogen and oxygen atoms in total. The molecule has 0 saturated heterocycles. The molecule has 0 bridgehead atoms. The number of hydrogen-bond donors (Lipinski definition) is 2. The second-order valence-corrected chi connectivity index (χ2v) is 3.86. The average molecular weight is 172 g/mol. The van der Waals surface area contributed by atoms with Crippen molar-refractivity contribution in [1.82, 2.24) is 4.90 Å². The van der Waals surface area contributed by atoms with Gasteiger partial charge in [-0.2, -0.15) is 0 Å². The molecule has 0 radical (unpaired) electrons. The first-order valence-corrected chi connectivity index (χ1v) is 4.75. The van der Waals surface area contributed by atoms with Gasteiger partial charge in [-0.3, -0.25) is 4.90 Å². The number of aliphatic hydroxyl groups excluding tert-OH is 1. The average Bonchev–Trinajstić information content (AvgIpc) is 1.83. The Morgan fingerprint density at radius 1 is 1.58 bits per heavy atom. The van der Waals surface area contributed by atoms with Crippen LogP contribution in [-0.4, -0.2) is 41.8 Å². The van der Waals surface area contributed by atoms with Gasteiger partial charge in [0.25, 0.3) is 0 Å². The topological polar surface area (TPSA) is 49.5 Å². The molecular weight excluding hydrogens is 152 g/mol. The smallest absolute Gasteiger partial charge is 0.0601 e. The lowest BCUT2D eigenvalue weighted by Crippen LogP contribution is -2.52. The Morgan fingerprint density at radius 3 is 2.42 bits per heavy atom. The van der Waals surface area contributed by atoms with Crippen LogP contribution in [0.15, 0.2) is 0 Å². The van der Waals surface area contributed by atoms with Crippen molar-refractivity contribution < 1.29 is 5.11 Å². The van der Waals surface area contributed by atoms with Gasteiger partial charge in [0.1, 0.15) is 0 Å². The Bertz CT molecular complexity index is 134. The van der Waals surface area contributed by atoms with Crippen LogP contribution in [0.2, 0.25) is 0 Å². The molecule has 1 fully saturated rings. The molecule has 0 amide bonds. The lowest BCUT2D eigenvalue weighted by Gasteiger charge is -2.40. The van der Waals surface area contributed by atoms with Gasteiger partial charge in [0, 0.05) is 18.1 Å². The molecule has 0 aromatic carbocycles. The number of nitrogens with zero attached hydrogens (tertiary/aromatic N) is 1. The Morgan fingerprint density at radius 2 is 2.17 bits per heavy atom. The molecule has 3 N–H and O–H groups in total. The zero-order chi connectivity index (χ0) is 9.14. The van der Waals surface area contributed by atoms with Crippen LogP contribution < -0.4 is 5.73 Å². The van der Waals surface area contributed by atoms with E-state index in [0.717, 1.165) is 0 Å². The summed E-state index contributed by atoms with van der Waals surface area (Å²) in [4.78, 5) is 2.23. The molecule has 2 unspecified atom stereocenters. The van der Waals surface area contributed by atoms with Gasteiger partial charge < -0.3 is 10.8 Å². The van der Waals surface area contributed by atoms with Crippen molar-refractivity contribution in [3.8, 4) is 0 Å². The molecular formula is C9H20N2O. The van der Waals surface area contributed by atoms with Crippen LogP contribution in [-0.2, 0) is 0 Å². The van der Waals surface area contributed by atoms with E-state index in [0.29, 0.717) is 6.04 Å². The van der Waals surface area contributed by atoms with Gasteiger partial charge >= 0.3 is 0 Å². The number of aliphatic hydroxyl groups is 1. The van der Waals surface area contributed by atoms with Gasteiger partial charge in [-0.1, -0.05) is 6.42 Å². The fourth-order valence-corrected chi connectivity index (χ4v) is 1.73. The van der Waals surface area contributed by atoms with E-state index in [1.165, 1.54) is 19.3 Å². The second kappa shape index (κ2) is 4.21. The van der Waals surface area contributed by atoms with Crippen LogP contribution in [0.25, 0.3) is 0 Å². The van der Waals surface area contributed by atoms with Crippen molar-refractivity contribution >= 4 is 0 Å². The molecule has 3 heteroatoms. The second-order valence-electron chi connectivity index (χ2n) is 3.86. The van der Waals surface area contributed by atoms with Crippen molar-refractivity contribution in [3.05, 3.63) is 0 Å². The molecule has 1 aliphatic rings. The lowest BCUT2D eigenvalue weighted by atomic mass is 9.90. The van der Waals surface area contributed by atoms with Crippen LogP contribution in [0.5, 0.6) is 0 Å². The molecule has 0 aromatic rings. The molecule has 0 aromatic heterocycles. The zero-order valence-corrected chi connectivity index (χ0v) is 8.03. The minimum atomic E-state index is 0.0561.